The van der Waals surface area contributed by atoms with Gasteiger partial charge in [-0.1, -0.05) is 0 Å². The smallest absolute Gasteiger partial charge is 0.177 e. The standard InChI is InChI=1S/C7H8N2O2S/c1-12(10,11)7-4-5(8)2-3-6(7)9/h2-4,8-9H,1H3. The number of hydrogen-bond acceptors (Lipinski definition) is 4. The normalized spacial score (nSPS) is 17.9. The summed E-state index contributed by atoms with van der Waals surface area (Å²) in [5.74, 6) is 0. The average molecular weight is 184 g/mol. The molecule has 0 heterocycles. The van der Waals surface area contributed by atoms with Crippen molar-refractivity contribution < 1.29 is 8.42 Å². The molecule has 0 unspecified atom stereocenters. The summed E-state index contributed by atoms with van der Waals surface area (Å²) in [5.41, 5.74) is 0.0416. The van der Waals surface area contributed by atoms with Gasteiger partial charge in [0.1, 0.15) is 0 Å². The summed E-state index contributed by atoms with van der Waals surface area (Å²) < 4.78 is 22.0. The van der Waals surface area contributed by atoms with Crippen LogP contribution in [0.2, 0.25) is 0 Å². The molecule has 1 aliphatic rings. The highest BCUT2D eigenvalue weighted by molar-refractivity contribution is 7.95. The number of nitrogens with one attached hydrogen (secondary N) is 2. The minimum Gasteiger partial charge on any atom is -0.301 e. The SMILES string of the molecule is CS(=O)(=O)C1=CC(=N)C=CC1=N. The van der Waals surface area contributed by atoms with Gasteiger partial charge in [0.25, 0.3) is 0 Å². The van der Waals surface area contributed by atoms with Crippen molar-refractivity contribution in [2.75, 3.05) is 6.26 Å². The first-order valence-electron chi connectivity index (χ1n) is 3.18. The molecule has 1 aliphatic carbocycles. The topological polar surface area (TPSA) is 81.8 Å². The summed E-state index contributed by atoms with van der Waals surface area (Å²) in [4.78, 5) is -0.0880. The van der Waals surface area contributed by atoms with Crippen molar-refractivity contribution in [2.45, 2.75) is 0 Å². The Bertz CT molecular complexity index is 401. The maximum Gasteiger partial charge on any atom is 0.177 e. The Hall–Kier alpha value is -1.23. The molecule has 0 radical (unpaired) electrons. The first-order chi connectivity index (χ1) is 5.41. The van der Waals surface area contributed by atoms with Gasteiger partial charge < -0.3 is 5.41 Å². The van der Waals surface area contributed by atoms with E-state index in [-0.39, 0.29) is 16.3 Å². The predicted molar refractivity (Wildman–Crippen MR) is 47.5 cm³/mol. The van der Waals surface area contributed by atoms with Crippen molar-refractivity contribution in [1.29, 1.82) is 10.8 Å². The van der Waals surface area contributed by atoms with E-state index in [2.05, 4.69) is 0 Å². The van der Waals surface area contributed by atoms with Crippen LogP contribution in [0, 0.1) is 10.8 Å². The molecular weight excluding hydrogens is 176 g/mol. The van der Waals surface area contributed by atoms with Gasteiger partial charge in [0, 0.05) is 6.26 Å². The van der Waals surface area contributed by atoms with Crippen molar-refractivity contribution in [1.82, 2.24) is 0 Å². The third-order valence-electron chi connectivity index (χ3n) is 1.38. The molecule has 1 rings (SSSR count). The quantitative estimate of drug-likeness (QED) is 0.582. The van der Waals surface area contributed by atoms with Crippen LogP contribution < -0.4 is 0 Å². The molecular formula is C7H8N2O2S. The molecule has 0 saturated heterocycles. The van der Waals surface area contributed by atoms with Gasteiger partial charge in [0.2, 0.25) is 0 Å². The lowest BCUT2D eigenvalue weighted by molar-refractivity contribution is 0.609. The summed E-state index contributed by atoms with van der Waals surface area (Å²) in [6, 6.07) is 0. The van der Waals surface area contributed by atoms with Crippen LogP contribution in [0.5, 0.6) is 0 Å². The monoisotopic (exact) mass is 184 g/mol. The van der Waals surface area contributed by atoms with E-state index >= 15 is 0 Å². The van der Waals surface area contributed by atoms with Crippen LogP contribution >= 0.6 is 0 Å². The molecule has 2 N–H and O–H groups in total. The third-order valence-corrected chi connectivity index (χ3v) is 2.52. The zero-order valence-corrected chi connectivity index (χ0v) is 7.27. The Morgan fingerprint density at radius 3 is 2.25 bits per heavy atom. The number of rotatable bonds is 1. The summed E-state index contributed by atoms with van der Waals surface area (Å²) in [6.45, 7) is 0. The second kappa shape index (κ2) is 2.67. The Labute approximate surface area is 70.5 Å². The van der Waals surface area contributed by atoms with Crippen molar-refractivity contribution >= 4 is 21.3 Å². The predicted octanol–water partition coefficient (Wildman–Crippen LogP) is 0.524. The first kappa shape index (κ1) is 8.86. The summed E-state index contributed by atoms with van der Waals surface area (Å²) in [6.07, 6.45) is 4.90. The van der Waals surface area contributed by atoms with E-state index < -0.39 is 9.84 Å². The molecule has 4 nitrogen and oxygen atoms in total. The lowest BCUT2D eigenvalue weighted by Crippen LogP contribution is -2.14. The molecule has 0 aliphatic heterocycles. The molecule has 12 heavy (non-hydrogen) atoms. The minimum atomic E-state index is -3.36. The van der Waals surface area contributed by atoms with E-state index in [4.69, 9.17) is 10.8 Å². The van der Waals surface area contributed by atoms with Gasteiger partial charge in [-0.05, 0) is 18.2 Å². The average Bonchev–Trinajstić information content (AvgIpc) is 1.92. The van der Waals surface area contributed by atoms with Crippen LogP contribution in [0.15, 0.2) is 23.1 Å². The second-order valence-corrected chi connectivity index (χ2v) is 4.47. The Morgan fingerprint density at radius 2 is 1.83 bits per heavy atom. The van der Waals surface area contributed by atoms with E-state index in [0.717, 1.165) is 6.26 Å². The minimum absolute atomic E-state index is 0.0616. The summed E-state index contributed by atoms with van der Waals surface area (Å²) >= 11 is 0. The van der Waals surface area contributed by atoms with Crippen molar-refractivity contribution in [3.8, 4) is 0 Å². The number of sulfone groups is 1. The van der Waals surface area contributed by atoms with Crippen LogP contribution in [-0.4, -0.2) is 26.1 Å². The fourth-order valence-electron chi connectivity index (χ4n) is 0.829. The molecule has 0 atom stereocenters. The van der Waals surface area contributed by atoms with Crippen LogP contribution in [0.3, 0.4) is 0 Å². The number of hydrogen-bond donors (Lipinski definition) is 2. The van der Waals surface area contributed by atoms with Gasteiger partial charge in [0.05, 0.1) is 16.3 Å². The van der Waals surface area contributed by atoms with E-state index in [0.29, 0.717) is 0 Å². The van der Waals surface area contributed by atoms with Crippen molar-refractivity contribution in [3.05, 3.63) is 23.1 Å². The molecule has 5 heteroatoms. The van der Waals surface area contributed by atoms with Crippen molar-refractivity contribution in [2.24, 2.45) is 0 Å². The van der Waals surface area contributed by atoms with E-state index in [9.17, 15) is 8.42 Å². The van der Waals surface area contributed by atoms with Crippen molar-refractivity contribution in [3.63, 3.8) is 0 Å². The summed E-state index contributed by atoms with van der Waals surface area (Å²) in [5, 5.41) is 14.4. The molecule has 0 amide bonds. The van der Waals surface area contributed by atoms with Crippen LogP contribution in [0.4, 0.5) is 0 Å². The molecule has 0 fully saturated rings. The van der Waals surface area contributed by atoms with Gasteiger partial charge in [0.15, 0.2) is 9.84 Å². The third kappa shape index (κ3) is 1.68. The highest BCUT2D eigenvalue weighted by Crippen LogP contribution is 2.11. The highest BCUT2D eigenvalue weighted by atomic mass is 32.2. The molecule has 0 aromatic carbocycles. The van der Waals surface area contributed by atoms with Gasteiger partial charge in [-0.25, -0.2) is 8.42 Å². The van der Waals surface area contributed by atoms with Crippen LogP contribution in [-0.2, 0) is 9.84 Å². The fraction of sp³-hybridized carbons (Fsp3) is 0.143. The van der Waals surface area contributed by atoms with E-state index in [1.807, 2.05) is 0 Å². The molecule has 0 aromatic heterocycles. The lowest BCUT2D eigenvalue weighted by Gasteiger charge is -2.06. The molecule has 0 aromatic rings. The molecule has 0 bridgehead atoms. The number of allylic oxidation sites excluding steroid dienone is 4. The maximum atomic E-state index is 11.0. The highest BCUT2D eigenvalue weighted by Gasteiger charge is 2.17. The van der Waals surface area contributed by atoms with E-state index in [1.165, 1.54) is 18.2 Å². The van der Waals surface area contributed by atoms with Gasteiger partial charge >= 0.3 is 0 Å². The van der Waals surface area contributed by atoms with Gasteiger partial charge in [-0.2, -0.15) is 0 Å². The fourth-order valence-corrected chi connectivity index (χ4v) is 1.64. The zero-order chi connectivity index (χ0) is 9.35. The lowest BCUT2D eigenvalue weighted by atomic mass is 10.1. The Balaban J connectivity index is 3.23. The van der Waals surface area contributed by atoms with Crippen LogP contribution in [0.25, 0.3) is 0 Å². The zero-order valence-electron chi connectivity index (χ0n) is 6.46. The van der Waals surface area contributed by atoms with Gasteiger partial charge in [-0.3, -0.25) is 5.41 Å². The first-order valence-corrected chi connectivity index (χ1v) is 5.08. The second-order valence-electron chi connectivity index (χ2n) is 2.48. The maximum absolute atomic E-state index is 11.0. The van der Waals surface area contributed by atoms with Crippen LogP contribution in [0.1, 0.15) is 0 Å². The largest absolute Gasteiger partial charge is 0.301 e. The molecule has 64 valence electrons. The molecule has 0 saturated carbocycles. The Morgan fingerprint density at radius 1 is 1.25 bits per heavy atom. The van der Waals surface area contributed by atoms with Gasteiger partial charge in [-0.15, -0.1) is 0 Å². The summed E-state index contributed by atoms with van der Waals surface area (Å²) in [7, 11) is -3.36. The van der Waals surface area contributed by atoms with E-state index in [1.54, 1.807) is 0 Å². The Kier molecular flexibility index (Phi) is 1.97. The molecule has 0 spiro atoms.